The number of aromatic nitrogens is 5. The van der Waals surface area contributed by atoms with Gasteiger partial charge in [0.15, 0.2) is 5.65 Å². The summed E-state index contributed by atoms with van der Waals surface area (Å²) in [6.45, 7) is 0.301. The molecule has 0 aliphatic heterocycles. The molecule has 0 unspecified atom stereocenters. The van der Waals surface area contributed by atoms with Crippen LogP contribution in [0.1, 0.15) is 5.69 Å². The largest absolute Gasteiger partial charge is 0.487 e. The zero-order valence-corrected chi connectivity index (χ0v) is 17.3. The highest BCUT2D eigenvalue weighted by atomic mass is 35.5. The normalized spacial score (nSPS) is 11.2. The molecule has 5 rings (SSSR count). The molecule has 0 bridgehead atoms. The fourth-order valence-electron chi connectivity index (χ4n) is 3.38. The van der Waals surface area contributed by atoms with Crippen molar-refractivity contribution in [1.82, 2.24) is 24.5 Å². The maximum Gasteiger partial charge on any atom is 0.152 e. The van der Waals surface area contributed by atoms with E-state index in [1.807, 2.05) is 55.6 Å². The standard InChI is InChI=1S/C22H18ClN7O/c1-25-18-8-6-13-5-7-15(9-17(13)29-18)31-11-14-3-2-4-19(28-14)30-10-16(23)20-21(24)26-12-27-22(20)30/h2-10,12H,11H2,1H3,(H,25,29)(H2,24,26,27). The van der Waals surface area contributed by atoms with Gasteiger partial charge in [-0.05, 0) is 36.4 Å². The first-order chi connectivity index (χ1) is 15.1. The van der Waals surface area contributed by atoms with E-state index < -0.39 is 0 Å². The van der Waals surface area contributed by atoms with Gasteiger partial charge in [-0.3, -0.25) is 4.57 Å². The van der Waals surface area contributed by atoms with Crippen molar-refractivity contribution in [2.24, 2.45) is 0 Å². The number of nitrogens with zero attached hydrogens (tertiary/aromatic N) is 5. The average Bonchev–Trinajstić information content (AvgIpc) is 3.15. The van der Waals surface area contributed by atoms with Gasteiger partial charge in [0, 0.05) is 24.7 Å². The summed E-state index contributed by atoms with van der Waals surface area (Å²) in [6.07, 6.45) is 3.14. The Balaban J connectivity index is 1.42. The van der Waals surface area contributed by atoms with Crippen LogP contribution in [-0.2, 0) is 6.61 Å². The molecule has 0 spiro atoms. The number of hydrogen-bond donors (Lipinski definition) is 2. The molecule has 1 aromatic carbocycles. The van der Waals surface area contributed by atoms with Gasteiger partial charge < -0.3 is 15.8 Å². The van der Waals surface area contributed by atoms with Crippen molar-refractivity contribution in [1.29, 1.82) is 0 Å². The molecular formula is C22H18ClN7O. The van der Waals surface area contributed by atoms with Crippen LogP contribution in [0.4, 0.5) is 11.6 Å². The van der Waals surface area contributed by atoms with E-state index in [1.165, 1.54) is 6.33 Å². The Labute approximate surface area is 182 Å². The Kier molecular flexibility index (Phi) is 4.76. The van der Waals surface area contributed by atoms with Gasteiger partial charge in [0.1, 0.15) is 36.1 Å². The van der Waals surface area contributed by atoms with Gasteiger partial charge >= 0.3 is 0 Å². The maximum absolute atomic E-state index is 6.34. The second-order valence-electron chi connectivity index (χ2n) is 6.88. The first-order valence-electron chi connectivity index (χ1n) is 9.57. The Morgan fingerprint density at radius 2 is 1.97 bits per heavy atom. The number of nitrogens with one attached hydrogen (secondary N) is 1. The lowest BCUT2D eigenvalue weighted by Crippen LogP contribution is -2.03. The van der Waals surface area contributed by atoms with Crippen LogP contribution in [-0.4, -0.2) is 31.6 Å². The summed E-state index contributed by atoms with van der Waals surface area (Å²) >= 11 is 6.34. The molecule has 0 amide bonds. The minimum atomic E-state index is 0.301. The van der Waals surface area contributed by atoms with Gasteiger partial charge in [0.05, 0.1) is 21.6 Å². The molecule has 8 nitrogen and oxygen atoms in total. The van der Waals surface area contributed by atoms with E-state index in [0.717, 1.165) is 28.2 Å². The van der Waals surface area contributed by atoms with E-state index in [4.69, 9.17) is 27.1 Å². The number of nitrogen functional groups attached to an aromatic ring is 1. The molecule has 0 saturated carbocycles. The third-order valence-corrected chi connectivity index (χ3v) is 5.20. The Morgan fingerprint density at radius 3 is 2.84 bits per heavy atom. The van der Waals surface area contributed by atoms with Crippen molar-refractivity contribution in [2.75, 3.05) is 18.1 Å². The molecule has 0 fully saturated rings. The van der Waals surface area contributed by atoms with E-state index in [0.29, 0.717) is 34.3 Å². The van der Waals surface area contributed by atoms with E-state index in [-0.39, 0.29) is 0 Å². The molecule has 5 aromatic rings. The van der Waals surface area contributed by atoms with Crippen LogP contribution >= 0.6 is 11.6 Å². The van der Waals surface area contributed by atoms with Crippen molar-refractivity contribution in [3.63, 3.8) is 0 Å². The molecule has 31 heavy (non-hydrogen) atoms. The highest BCUT2D eigenvalue weighted by molar-refractivity contribution is 6.36. The molecule has 0 saturated heterocycles. The molecule has 154 valence electrons. The van der Waals surface area contributed by atoms with Gasteiger partial charge in [-0.15, -0.1) is 0 Å². The molecule has 0 atom stereocenters. The smallest absolute Gasteiger partial charge is 0.152 e. The lowest BCUT2D eigenvalue weighted by atomic mass is 10.2. The summed E-state index contributed by atoms with van der Waals surface area (Å²) in [5, 5.41) is 5.17. The fraction of sp³-hybridized carbons (Fsp3) is 0.0909. The summed E-state index contributed by atoms with van der Waals surface area (Å²) < 4.78 is 7.76. The molecule has 0 aliphatic carbocycles. The van der Waals surface area contributed by atoms with E-state index >= 15 is 0 Å². The molecule has 0 aliphatic rings. The molecule has 0 radical (unpaired) electrons. The summed E-state index contributed by atoms with van der Waals surface area (Å²) in [7, 11) is 1.84. The Hall–Kier alpha value is -3.91. The average molecular weight is 432 g/mol. The third-order valence-electron chi connectivity index (χ3n) is 4.91. The van der Waals surface area contributed by atoms with Crippen molar-refractivity contribution < 1.29 is 4.74 Å². The minimum absolute atomic E-state index is 0.301. The number of ether oxygens (including phenoxy) is 1. The number of hydrogen-bond acceptors (Lipinski definition) is 7. The van der Waals surface area contributed by atoms with Crippen molar-refractivity contribution in [3.05, 3.63) is 71.8 Å². The number of nitrogens with two attached hydrogens (primary N) is 1. The fourth-order valence-corrected chi connectivity index (χ4v) is 3.66. The quantitative estimate of drug-likeness (QED) is 0.429. The molecule has 3 N–H and O–H groups in total. The third kappa shape index (κ3) is 3.57. The molecular weight excluding hydrogens is 414 g/mol. The second kappa shape index (κ2) is 7.73. The first kappa shape index (κ1) is 19.1. The zero-order chi connectivity index (χ0) is 21.4. The van der Waals surface area contributed by atoms with Crippen molar-refractivity contribution in [3.8, 4) is 11.6 Å². The van der Waals surface area contributed by atoms with Crippen LogP contribution in [0.2, 0.25) is 5.02 Å². The van der Waals surface area contributed by atoms with Crippen molar-refractivity contribution in [2.45, 2.75) is 6.61 Å². The van der Waals surface area contributed by atoms with E-state index in [1.54, 1.807) is 10.8 Å². The molecule has 4 heterocycles. The highest BCUT2D eigenvalue weighted by Gasteiger charge is 2.14. The Bertz CT molecular complexity index is 1420. The summed E-state index contributed by atoms with van der Waals surface area (Å²) in [6, 6.07) is 15.5. The predicted octanol–water partition coefficient (Wildman–Crippen LogP) is 4.22. The van der Waals surface area contributed by atoms with Crippen LogP contribution in [0, 0.1) is 0 Å². The first-order valence-corrected chi connectivity index (χ1v) is 9.95. The highest BCUT2D eigenvalue weighted by Crippen LogP contribution is 2.29. The van der Waals surface area contributed by atoms with Gasteiger partial charge in [-0.25, -0.2) is 19.9 Å². The SMILES string of the molecule is CNc1ccc2ccc(OCc3cccc(-n4cc(Cl)c5c(N)ncnc54)n3)cc2n1. The lowest BCUT2D eigenvalue weighted by molar-refractivity contribution is 0.301. The lowest BCUT2D eigenvalue weighted by Gasteiger charge is -2.09. The van der Waals surface area contributed by atoms with Crippen LogP contribution < -0.4 is 15.8 Å². The number of anilines is 2. The number of benzene rings is 1. The monoisotopic (exact) mass is 431 g/mol. The van der Waals surface area contributed by atoms with Crippen LogP contribution in [0.15, 0.2) is 61.1 Å². The van der Waals surface area contributed by atoms with Crippen LogP contribution in [0.25, 0.3) is 27.8 Å². The van der Waals surface area contributed by atoms with E-state index in [2.05, 4.69) is 20.3 Å². The number of pyridine rings is 2. The van der Waals surface area contributed by atoms with Crippen LogP contribution in [0.5, 0.6) is 5.75 Å². The predicted molar refractivity (Wildman–Crippen MR) is 122 cm³/mol. The Morgan fingerprint density at radius 1 is 1.10 bits per heavy atom. The van der Waals surface area contributed by atoms with Gasteiger partial charge in [0.2, 0.25) is 0 Å². The van der Waals surface area contributed by atoms with Gasteiger partial charge in [-0.2, -0.15) is 0 Å². The maximum atomic E-state index is 6.34. The number of halogens is 1. The van der Waals surface area contributed by atoms with Crippen molar-refractivity contribution >= 4 is 45.2 Å². The second-order valence-corrected chi connectivity index (χ2v) is 7.29. The van der Waals surface area contributed by atoms with Gasteiger partial charge in [0.25, 0.3) is 0 Å². The number of rotatable bonds is 5. The number of fused-ring (bicyclic) bond motifs is 2. The van der Waals surface area contributed by atoms with Crippen LogP contribution in [0.3, 0.4) is 0 Å². The summed E-state index contributed by atoms with van der Waals surface area (Å²) in [5.41, 5.74) is 8.17. The van der Waals surface area contributed by atoms with Gasteiger partial charge in [-0.1, -0.05) is 17.7 Å². The topological polar surface area (TPSA) is 104 Å². The summed E-state index contributed by atoms with van der Waals surface area (Å²) in [4.78, 5) is 17.6. The van der Waals surface area contributed by atoms with E-state index in [9.17, 15) is 0 Å². The minimum Gasteiger partial charge on any atom is -0.487 e. The molecule has 4 aromatic heterocycles. The molecule has 9 heteroatoms. The summed E-state index contributed by atoms with van der Waals surface area (Å²) in [5.74, 6) is 2.52. The zero-order valence-electron chi connectivity index (χ0n) is 16.6.